The standard InChI is InChI=1S/C29H29ClFN7O2/c1-15-7-9-21(38-18(4)26-16(2)35-36-17(3)27(26)19(38)5)12-24(15)32-29-33-28(39)25(40-6)14-37(29)13-20-8-10-23(34-31)22(30)11-20/h7-12,14,34H,13H2,1-6H3,(H,32,33,39). The van der Waals surface area contributed by atoms with Crippen LogP contribution < -0.4 is 21.2 Å². The third kappa shape index (κ3) is 4.75. The fraction of sp³-hybridized carbons (Fsp3) is 0.241. The van der Waals surface area contributed by atoms with Crippen molar-refractivity contribution in [2.45, 2.75) is 41.2 Å². The summed E-state index contributed by atoms with van der Waals surface area (Å²) in [5, 5.41) is 14.4. The van der Waals surface area contributed by atoms with Gasteiger partial charge >= 0.3 is 5.56 Å². The number of anilines is 3. The van der Waals surface area contributed by atoms with Gasteiger partial charge in [-0.2, -0.15) is 15.2 Å². The highest BCUT2D eigenvalue weighted by Gasteiger charge is 2.19. The van der Waals surface area contributed by atoms with Gasteiger partial charge in [0.2, 0.25) is 11.7 Å². The number of benzene rings is 2. The molecular weight excluding hydrogens is 533 g/mol. The molecule has 0 amide bonds. The van der Waals surface area contributed by atoms with Crippen molar-refractivity contribution in [3.8, 4) is 11.4 Å². The van der Waals surface area contributed by atoms with E-state index >= 15 is 0 Å². The van der Waals surface area contributed by atoms with Gasteiger partial charge in [-0.1, -0.05) is 23.7 Å². The molecule has 0 aliphatic rings. The van der Waals surface area contributed by atoms with E-state index in [0.717, 1.165) is 56.0 Å². The average molecular weight is 562 g/mol. The molecule has 0 radical (unpaired) electrons. The number of aryl methyl sites for hydroxylation is 5. The van der Waals surface area contributed by atoms with Crippen molar-refractivity contribution >= 4 is 39.7 Å². The maximum Gasteiger partial charge on any atom is 0.316 e. The second-order valence-corrected chi connectivity index (χ2v) is 10.1. The summed E-state index contributed by atoms with van der Waals surface area (Å²) in [5.41, 5.74) is 8.61. The predicted molar refractivity (Wildman–Crippen MR) is 156 cm³/mol. The normalized spacial score (nSPS) is 11.2. The molecular formula is C29H29ClFN7O2. The molecule has 9 nitrogen and oxygen atoms in total. The minimum atomic E-state index is -0.501. The van der Waals surface area contributed by atoms with Crippen molar-refractivity contribution in [2.75, 3.05) is 18.0 Å². The van der Waals surface area contributed by atoms with E-state index in [1.165, 1.54) is 7.11 Å². The number of halogens is 2. The maximum absolute atomic E-state index is 12.9. The first-order valence-corrected chi connectivity index (χ1v) is 13.0. The Morgan fingerprint density at radius 2 is 1.62 bits per heavy atom. The summed E-state index contributed by atoms with van der Waals surface area (Å²) in [6.45, 7) is 10.4. The summed E-state index contributed by atoms with van der Waals surface area (Å²) in [6, 6.07) is 11.0. The number of nitrogens with one attached hydrogen (secondary N) is 2. The Hall–Kier alpha value is -4.44. The lowest BCUT2D eigenvalue weighted by Gasteiger charge is -2.18. The van der Waals surface area contributed by atoms with Gasteiger partial charge in [-0.15, -0.1) is 4.48 Å². The number of rotatable bonds is 7. The van der Waals surface area contributed by atoms with Gasteiger partial charge in [0.25, 0.3) is 0 Å². The van der Waals surface area contributed by atoms with Gasteiger partial charge in [0.1, 0.15) is 0 Å². The van der Waals surface area contributed by atoms with Crippen molar-refractivity contribution < 1.29 is 9.22 Å². The summed E-state index contributed by atoms with van der Waals surface area (Å²) in [7, 11) is 1.42. The number of fused-ring (bicyclic) bond motifs is 1. The molecule has 0 atom stereocenters. The summed E-state index contributed by atoms with van der Waals surface area (Å²) in [4.78, 5) is 16.9. The number of hydrogen-bond acceptors (Lipinski definition) is 7. The molecule has 0 aliphatic carbocycles. The molecule has 2 N–H and O–H groups in total. The van der Waals surface area contributed by atoms with E-state index in [-0.39, 0.29) is 16.5 Å². The summed E-state index contributed by atoms with van der Waals surface area (Å²) in [5.74, 6) is 0.420. The Morgan fingerprint density at radius 3 is 2.23 bits per heavy atom. The van der Waals surface area contributed by atoms with E-state index in [1.54, 1.807) is 34.5 Å². The van der Waals surface area contributed by atoms with E-state index in [4.69, 9.17) is 16.3 Å². The Morgan fingerprint density at radius 1 is 0.950 bits per heavy atom. The molecule has 0 aliphatic heterocycles. The smallest absolute Gasteiger partial charge is 0.316 e. The Kier molecular flexibility index (Phi) is 7.20. The van der Waals surface area contributed by atoms with Gasteiger partial charge in [-0.05, 0) is 70.0 Å². The second-order valence-electron chi connectivity index (χ2n) is 9.73. The Labute approximate surface area is 235 Å². The minimum absolute atomic E-state index is 0.0994. The number of nitrogens with zero attached hydrogens (tertiary/aromatic N) is 5. The monoisotopic (exact) mass is 561 g/mol. The van der Waals surface area contributed by atoms with E-state index in [0.29, 0.717) is 12.5 Å². The highest BCUT2D eigenvalue weighted by molar-refractivity contribution is 6.33. The van der Waals surface area contributed by atoms with Crippen LogP contribution in [0.25, 0.3) is 16.5 Å². The zero-order valence-electron chi connectivity index (χ0n) is 23.1. The molecule has 0 fully saturated rings. The summed E-state index contributed by atoms with van der Waals surface area (Å²) >= 11 is 6.19. The largest absolute Gasteiger partial charge is 0.490 e. The summed E-state index contributed by atoms with van der Waals surface area (Å²) in [6.07, 6.45) is 1.59. The maximum atomic E-state index is 12.9. The van der Waals surface area contributed by atoms with Crippen LogP contribution in [0.5, 0.6) is 5.75 Å². The van der Waals surface area contributed by atoms with E-state index in [2.05, 4.69) is 45.0 Å². The molecule has 5 aromatic rings. The molecule has 0 saturated heterocycles. The van der Waals surface area contributed by atoms with Crippen LogP contribution in [0.1, 0.15) is 33.9 Å². The fourth-order valence-electron chi connectivity index (χ4n) is 5.13. The average Bonchev–Trinajstić information content (AvgIpc) is 3.20. The quantitative estimate of drug-likeness (QED) is 0.226. The Balaban J connectivity index is 1.59. The highest BCUT2D eigenvalue weighted by atomic mass is 35.5. The van der Waals surface area contributed by atoms with Crippen molar-refractivity contribution in [3.63, 3.8) is 0 Å². The summed E-state index contributed by atoms with van der Waals surface area (Å²) < 4.78 is 22.1. The van der Waals surface area contributed by atoms with Gasteiger partial charge in [-0.3, -0.25) is 4.79 Å². The van der Waals surface area contributed by atoms with Crippen LogP contribution in [0.3, 0.4) is 0 Å². The van der Waals surface area contributed by atoms with Gasteiger partial charge in [0.05, 0.1) is 41.9 Å². The van der Waals surface area contributed by atoms with E-state index in [1.807, 2.05) is 32.9 Å². The molecule has 3 aromatic heterocycles. The highest BCUT2D eigenvalue weighted by Crippen LogP contribution is 2.33. The van der Waals surface area contributed by atoms with E-state index in [9.17, 15) is 9.28 Å². The second kappa shape index (κ2) is 10.6. The first kappa shape index (κ1) is 27.1. The van der Waals surface area contributed by atoms with Crippen LogP contribution in [0.2, 0.25) is 5.02 Å². The first-order valence-electron chi connectivity index (χ1n) is 12.6. The molecule has 0 spiro atoms. The lowest BCUT2D eigenvalue weighted by molar-refractivity contribution is 0.402. The lowest BCUT2D eigenvalue weighted by atomic mass is 10.1. The molecule has 5 rings (SSSR count). The van der Waals surface area contributed by atoms with Crippen molar-refractivity contribution in [2.24, 2.45) is 0 Å². The van der Waals surface area contributed by atoms with E-state index < -0.39 is 5.56 Å². The third-order valence-corrected chi connectivity index (χ3v) is 7.43. The topological polar surface area (TPSA) is 98.9 Å². The molecule has 206 valence electrons. The molecule has 3 heterocycles. The zero-order chi connectivity index (χ0) is 28.7. The molecule has 0 bridgehead atoms. The van der Waals surface area contributed by atoms with Crippen LogP contribution in [0, 0.1) is 34.6 Å². The lowest BCUT2D eigenvalue weighted by Crippen LogP contribution is -2.19. The van der Waals surface area contributed by atoms with Crippen LogP contribution >= 0.6 is 11.6 Å². The van der Waals surface area contributed by atoms with Crippen molar-refractivity contribution in [3.05, 3.63) is 91.9 Å². The number of ether oxygens (including phenoxy) is 1. The zero-order valence-corrected chi connectivity index (χ0v) is 23.8. The van der Waals surface area contributed by atoms with Crippen LogP contribution in [0.4, 0.5) is 21.8 Å². The van der Waals surface area contributed by atoms with Gasteiger partial charge in [-0.25, -0.2) is 5.54 Å². The van der Waals surface area contributed by atoms with Crippen LogP contribution in [0.15, 0.2) is 47.4 Å². The first-order chi connectivity index (χ1) is 19.1. The number of methoxy groups -OCH3 is 1. The molecule has 40 heavy (non-hydrogen) atoms. The van der Waals surface area contributed by atoms with Crippen molar-refractivity contribution in [1.29, 1.82) is 0 Å². The number of hydrogen-bond donors (Lipinski definition) is 2. The fourth-order valence-corrected chi connectivity index (χ4v) is 5.37. The molecule has 11 heteroatoms. The molecule has 0 unspecified atom stereocenters. The van der Waals surface area contributed by atoms with Crippen LogP contribution in [-0.4, -0.2) is 31.4 Å². The van der Waals surface area contributed by atoms with Gasteiger partial charge in [0, 0.05) is 33.5 Å². The minimum Gasteiger partial charge on any atom is -0.490 e. The SMILES string of the molecule is COc1cn(Cc2ccc(NF)c(Cl)c2)c(Nc2cc(-n3c(C)c4c(C)nnc(C)c4c3C)ccc2C)nc1=O. The molecule has 2 aromatic carbocycles. The van der Waals surface area contributed by atoms with Crippen molar-refractivity contribution in [1.82, 2.24) is 24.3 Å². The number of aromatic nitrogens is 5. The van der Waals surface area contributed by atoms with Gasteiger partial charge in [0.15, 0.2) is 0 Å². The van der Waals surface area contributed by atoms with Crippen LogP contribution in [-0.2, 0) is 6.54 Å². The van der Waals surface area contributed by atoms with Gasteiger partial charge < -0.3 is 19.2 Å². The Bertz CT molecular complexity index is 1790. The third-order valence-electron chi connectivity index (χ3n) is 7.12. The predicted octanol–water partition coefficient (Wildman–Crippen LogP) is 6.27. The molecule has 0 saturated carbocycles.